The summed E-state index contributed by atoms with van der Waals surface area (Å²) in [5.74, 6) is 18.0. The van der Waals surface area contributed by atoms with Crippen molar-refractivity contribution >= 4 is 24.2 Å². The van der Waals surface area contributed by atoms with Crippen LogP contribution in [0, 0.1) is 35.5 Å². The maximum absolute atomic E-state index is 13.4. The Morgan fingerprint density at radius 1 is 0.750 bits per heavy atom. The molecule has 1 N–H and O–H groups in total. The van der Waals surface area contributed by atoms with Gasteiger partial charge in [-0.1, -0.05) is 65.9 Å². The summed E-state index contributed by atoms with van der Waals surface area (Å²) in [4.78, 5) is 60.3. The van der Waals surface area contributed by atoms with E-state index in [1.165, 1.54) is 22.2 Å². The summed E-state index contributed by atoms with van der Waals surface area (Å²) in [6, 6.07) is 6.55. The molecule has 0 aliphatic carbocycles. The van der Waals surface area contributed by atoms with Gasteiger partial charge < -0.3 is 33.7 Å². The molecule has 2 fully saturated rings. The molecule has 1 aromatic carbocycles. The highest BCUT2D eigenvalue weighted by molar-refractivity contribution is 5.82. The van der Waals surface area contributed by atoms with Gasteiger partial charge in [0.15, 0.2) is 0 Å². The van der Waals surface area contributed by atoms with Crippen molar-refractivity contribution in [3.05, 3.63) is 65.0 Å². The summed E-state index contributed by atoms with van der Waals surface area (Å²) < 4.78 is 34.3. The number of rotatable bonds is 5. The second-order valence-electron chi connectivity index (χ2n) is 18.2. The highest BCUT2D eigenvalue weighted by Crippen LogP contribution is 2.31. The topological polar surface area (TPSA) is 155 Å². The van der Waals surface area contributed by atoms with E-state index in [4.69, 9.17) is 28.4 Å². The number of hydrogen-bond donors (Lipinski definition) is 1. The standard InChI is InChI=1S/C46H58N4O10/c1-42(2,3)58-39(52)48-37(38(51)55-28-31-18-15-14-16-19-31)21-17-20-36-32(22-24-34-29-56-45(10,11)49(34)40(53)59-43(4,5)6)26-47-27-33(36)23-25-35-30-57-46(12,13)50(35)41(54)60-44(7,8)9/h14-16,18-19,26-27,34-35,37H,21,28-30H2,1-13H3,(H,48,52)/t34-,35-,37+/m0/s1. The maximum atomic E-state index is 13.4. The fourth-order valence-electron chi connectivity index (χ4n) is 5.95. The molecule has 2 aliphatic heterocycles. The predicted octanol–water partition coefficient (Wildman–Crippen LogP) is 6.91. The molecule has 4 rings (SSSR count). The number of ether oxygens (including phenoxy) is 6. The van der Waals surface area contributed by atoms with Gasteiger partial charge in [0, 0.05) is 18.8 Å². The van der Waals surface area contributed by atoms with E-state index in [0.29, 0.717) is 16.7 Å². The van der Waals surface area contributed by atoms with E-state index < -0.39 is 70.6 Å². The lowest BCUT2D eigenvalue weighted by Gasteiger charge is -2.33. The van der Waals surface area contributed by atoms with Crippen molar-refractivity contribution in [3.63, 3.8) is 0 Å². The van der Waals surface area contributed by atoms with E-state index in [9.17, 15) is 19.2 Å². The van der Waals surface area contributed by atoms with Crippen LogP contribution in [0.2, 0.25) is 0 Å². The van der Waals surface area contributed by atoms with Crippen molar-refractivity contribution < 1.29 is 47.6 Å². The number of alkyl carbamates (subject to hydrolysis) is 1. The van der Waals surface area contributed by atoms with Gasteiger partial charge in [-0.3, -0.25) is 14.8 Å². The lowest BCUT2D eigenvalue weighted by atomic mass is 10.0. The van der Waals surface area contributed by atoms with Crippen molar-refractivity contribution in [2.75, 3.05) is 13.2 Å². The second kappa shape index (κ2) is 18.7. The van der Waals surface area contributed by atoms with Crippen molar-refractivity contribution in [2.24, 2.45) is 0 Å². The second-order valence-corrected chi connectivity index (χ2v) is 18.2. The van der Waals surface area contributed by atoms with Gasteiger partial charge in [0.25, 0.3) is 0 Å². The van der Waals surface area contributed by atoms with Crippen molar-refractivity contribution in [2.45, 2.75) is 149 Å². The number of nitrogens with one attached hydrogen (secondary N) is 1. The Morgan fingerprint density at radius 2 is 1.22 bits per heavy atom. The molecule has 0 radical (unpaired) electrons. The summed E-state index contributed by atoms with van der Waals surface area (Å²) in [6.45, 7) is 23.0. The first kappa shape index (κ1) is 46.9. The largest absolute Gasteiger partial charge is 0.459 e. The molecule has 2 saturated heterocycles. The molecule has 0 unspecified atom stereocenters. The van der Waals surface area contributed by atoms with E-state index in [1.54, 1.807) is 90.0 Å². The minimum Gasteiger partial charge on any atom is -0.459 e. The third kappa shape index (κ3) is 13.7. The molecule has 0 bridgehead atoms. The molecule has 0 saturated carbocycles. The minimum absolute atomic E-state index is 0.0204. The fourth-order valence-corrected chi connectivity index (χ4v) is 5.95. The maximum Gasteiger partial charge on any atom is 0.413 e. The predicted molar refractivity (Wildman–Crippen MR) is 223 cm³/mol. The van der Waals surface area contributed by atoms with Crippen molar-refractivity contribution in [3.8, 4) is 35.5 Å². The van der Waals surface area contributed by atoms with Crippen LogP contribution in [0.4, 0.5) is 14.4 Å². The van der Waals surface area contributed by atoms with E-state index in [1.807, 2.05) is 30.3 Å². The average molecular weight is 827 g/mol. The first-order chi connectivity index (χ1) is 27.7. The number of hydrogen-bond acceptors (Lipinski definition) is 11. The van der Waals surface area contributed by atoms with Crippen molar-refractivity contribution in [1.29, 1.82) is 0 Å². The third-order valence-corrected chi connectivity index (χ3v) is 8.56. The number of amides is 3. The Hall–Kier alpha value is -5.75. The number of pyridine rings is 1. The zero-order chi connectivity index (χ0) is 44.7. The molecule has 1 aromatic heterocycles. The number of carbonyl (C=O) groups is 4. The van der Waals surface area contributed by atoms with Gasteiger partial charge in [-0.05, 0) is 95.6 Å². The van der Waals surface area contributed by atoms with Crippen LogP contribution in [0.15, 0.2) is 42.7 Å². The van der Waals surface area contributed by atoms with Crippen LogP contribution in [0.1, 0.15) is 119 Å². The average Bonchev–Trinajstić information content (AvgIpc) is 3.59. The van der Waals surface area contributed by atoms with Crippen LogP contribution in [-0.4, -0.2) is 98.6 Å². The van der Waals surface area contributed by atoms with E-state index in [2.05, 4.69) is 45.8 Å². The SMILES string of the molecule is CC(C)(C)OC(=O)N[C@H](CC#Cc1c(C#C[C@H]2COC(C)(C)N2C(=O)OC(C)(C)C)cncc1C#C[C@H]1COC(C)(C)N1C(=O)OC(C)(C)C)C(=O)OCc1ccccc1. The number of esters is 1. The Morgan fingerprint density at radius 3 is 1.67 bits per heavy atom. The Labute approximate surface area is 354 Å². The van der Waals surface area contributed by atoms with Crippen LogP contribution in [-0.2, 0) is 39.8 Å². The molecule has 14 heteroatoms. The molecule has 3 amide bonds. The zero-order valence-corrected chi connectivity index (χ0v) is 37.0. The van der Waals surface area contributed by atoms with Gasteiger partial charge in [0.2, 0.25) is 0 Å². The number of carbonyl (C=O) groups excluding carboxylic acids is 4. The molecule has 14 nitrogen and oxygen atoms in total. The molecular weight excluding hydrogens is 769 g/mol. The normalized spacial score (nSPS) is 18.6. The van der Waals surface area contributed by atoms with Crippen LogP contribution < -0.4 is 5.32 Å². The first-order valence-electron chi connectivity index (χ1n) is 19.8. The van der Waals surface area contributed by atoms with Gasteiger partial charge in [0.1, 0.15) is 53.0 Å². The molecule has 2 aromatic rings. The lowest BCUT2D eigenvalue weighted by molar-refractivity contribution is -0.147. The van der Waals surface area contributed by atoms with Gasteiger partial charge >= 0.3 is 24.2 Å². The van der Waals surface area contributed by atoms with E-state index in [-0.39, 0.29) is 26.2 Å². The van der Waals surface area contributed by atoms with Gasteiger partial charge in [0.05, 0.1) is 29.9 Å². The Balaban J connectivity index is 1.77. The van der Waals surface area contributed by atoms with Crippen molar-refractivity contribution in [1.82, 2.24) is 20.1 Å². The summed E-state index contributed by atoms with van der Waals surface area (Å²) in [5, 5.41) is 2.59. The number of benzene rings is 1. The fraction of sp³-hybridized carbons (Fsp3) is 0.543. The molecule has 2 aliphatic rings. The monoisotopic (exact) mass is 826 g/mol. The molecule has 3 atom stereocenters. The summed E-state index contributed by atoms with van der Waals surface area (Å²) in [5.41, 5.74) is -2.51. The van der Waals surface area contributed by atoms with E-state index in [0.717, 1.165) is 5.56 Å². The summed E-state index contributed by atoms with van der Waals surface area (Å²) in [6.07, 6.45) is 0.867. The van der Waals surface area contributed by atoms with Gasteiger partial charge in [-0.2, -0.15) is 0 Å². The number of nitrogens with zero attached hydrogens (tertiary/aromatic N) is 3. The summed E-state index contributed by atoms with van der Waals surface area (Å²) >= 11 is 0. The highest BCUT2D eigenvalue weighted by Gasteiger charge is 2.46. The molecule has 322 valence electrons. The lowest BCUT2D eigenvalue weighted by Crippen LogP contribution is -2.49. The Bertz CT molecular complexity index is 2000. The molecular formula is C46H58N4O10. The summed E-state index contributed by atoms with van der Waals surface area (Å²) in [7, 11) is 0. The van der Waals surface area contributed by atoms with Crippen LogP contribution >= 0.6 is 0 Å². The molecule has 3 heterocycles. The molecule has 0 spiro atoms. The van der Waals surface area contributed by atoms with Gasteiger partial charge in [-0.25, -0.2) is 19.2 Å². The number of aromatic nitrogens is 1. The van der Waals surface area contributed by atoms with Crippen LogP contribution in [0.5, 0.6) is 0 Å². The van der Waals surface area contributed by atoms with Crippen LogP contribution in [0.25, 0.3) is 0 Å². The first-order valence-corrected chi connectivity index (χ1v) is 19.8. The van der Waals surface area contributed by atoms with E-state index >= 15 is 0 Å². The quantitative estimate of drug-likeness (QED) is 0.190. The minimum atomic E-state index is -1.21. The zero-order valence-electron chi connectivity index (χ0n) is 37.0. The van der Waals surface area contributed by atoms with Gasteiger partial charge in [-0.15, -0.1) is 0 Å². The molecule has 60 heavy (non-hydrogen) atoms. The van der Waals surface area contributed by atoms with Crippen LogP contribution in [0.3, 0.4) is 0 Å². The smallest absolute Gasteiger partial charge is 0.413 e. The highest BCUT2D eigenvalue weighted by atomic mass is 16.6. The third-order valence-electron chi connectivity index (χ3n) is 8.56. The Kier molecular flexibility index (Phi) is 14.6.